The first-order valence-corrected chi connectivity index (χ1v) is 7.96. The smallest absolute Gasteiger partial charge is 0.244 e. The molecular weight excluding hydrogens is 342 g/mol. The largest absolute Gasteiger partial charge is 0.493 e. The Morgan fingerprint density at radius 2 is 1.68 bits per heavy atom. The Kier molecular flexibility index (Phi) is 6.71. The number of halogens is 1. The standard InChI is InChI=1S/C19H20ClNO4/c1-23-16-10-6-14(18(24-2)19(16)25-3)7-11-17(22)21-12-13-4-8-15(20)9-5-13/h4-11H,12H2,1-3H3,(H,21,22). The van der Waals surface area contributed by atoms with E-state index < -0.39 is 0 Å². The molecule has 6 heteroatoms. The lowest BCUT2D eigenvalue weighted by Crippen LogP contribution is -2.20. The molecule has 2 aromatic rings. The molecule has 5 nitrogen and oxygen atoms in total. The van der Waals surface area contributed by atoms with Gasteiger partial charge >= 0.3 is 0 Å². The summed E-state index contributed by atoms with van der Waals surface area (Å²) in [6, 6.07) is 10.9. The number of carbonyl (C=O) groups is 1. The number of methoxy groups -OCH3 is 3. The Morgan fingerprint density at radius 1 is 1.00 bits per heavy atom. The van der Waals surface area contributed by atoms with Crippen molar-refractivity contribution in [1.82, 2.24) is 5.32 Å². The Labute approximate surface area is 152 Å². The molecule has 2 aromatic carbocycles. The van der Waals surface area contributed by atoms with Crippen LogP contribution in [0.2, 0.25) is 5.02 Å². The second-order valence-electron chi connectivity index (χ2n) is 5.10. The average molecular weight is 362 g/mol. The third kappa shape index (κ3) is 4.90. The number of carbonyl (C=O) groups excluding carboxylic acids is 1. The summed E-state index contributed by atoms with van der Waals surface area (Å²) in [6.45, 7) is 0.420. The van der Waals surface area contributed by atoms with E-state index in [0.29, 0.717) is 34.4 Å². The van der Waals surface area contributed by atoms with Gasteiger partial charge in [-0.05, 0) is 35.9 Å². The minimum Gasteiger partial charge on any atom is -0.493 e. The predicted molar refractivity (Wildman–Crippen MR) is 98.4 cm³/mol. The zero-order chi connectivity index (χ0) is 18.2. The van der Waals surface area contributed by atoms with Crippen LogP contribution in [0, 0.1) is 0 Å². The third-order valence-electron chi connectivity index (χ3n) is 3.53. The summed E-state index contributed by atoms with van der Waals surface area (Å²) in [7, 11) is 4.62. The van der Waals surface area contributed by atoms with E-state index in [1.165, 1.54) is 20.3 Å². The molecule has 1 N–H and O–H groups in total. The van der Waals surface area contributed by atoms with Crippen LogP contribution in [0.15, 0.2) is 42.5 Å². The first-order chi connectivity index (χ1) is 12.1. The maximum absolute atomic E-state index is 12.0. The predicted octanol–water partition coefficient (Wildman–Crippen LogP) is 3.70. The van der Waals surface area contributed by atoms with Crippen LogP contribution >= 0.6 is 11.6 Å². The average Bonchev–Trinajstić information content (AvgIpc) is 2.64. The topological polar surface area (TPSA) is 56.8 Å². The van der Waals surface area contributed by atoms with E-state index in [-0.39, 0.29) is 5.91 Å². The molecule has 0 aromatic heterocycles. The van der Waals surface area contributed by atoms with Crippen LogP contribution in [0.25, 0.3) is 6.08 Å². The quantitative estimate of drug-likeness (QED) is 0.764. The second-order valence-corrected chi connectivity index (χ2v) is 5.54. The molecule has 2 rings (SSSR count). The van der Waals surface area contributed by atoms with Crippen molar-refractivity contribution >= 4 is 23.6 Å². The van der Waals surface area contributed by atoms with E-state index >= 15 is 0 Å². The van der Waals surface area contributed by atoms with Gasteiger partial charge in [0.15, 0.2) is 11.5 Å². The molecule has 0 heterocycles. The SMILES string of the molecule is COc1ccc(C=CC(=O)NCc2ccc(Cl)cc2)c(OC)c1OC. The molecule has 0 aliphatic heterocycles. The van der Waals surface area contributed by atoms with Gasteiger partial charge in [-0.1, -0.05) is 23.7 Å². The number of ether oxygens (including phenoxy) is 3. The fraction of sp³-hybridized carbons (Fsp3) is 0.211. The molecule has 0 atom stereocenters. The van der Waals surface area contributed by atoms with Crippen molar-refractivity contribution in [3.05, 3.63) is 58.6 Å². The molecule has 0 aliphatic carbocycles. The summed E-state index contributed by atoms with van der Waals surface area (Å²) < 4.78 is 15.9. The summed E-state index contributed by atoms with van der Waals surface area (Å²) >= 11 is 5.84. The number of rotatable bonds is 7. The van der Waals surface area contributed by atoms with Gasteiger partial charge in [-0.3, -0.25) is 4.79 Å². The number of hydrogen-bond donors (Lipinski definition) is 1. The summed E-state index contributed by atoms with van der Waals surface area (Å²) in [5.41, 5.74) is 1.68. The Bertz CT molecular complexity index is 757. The second kappa shape index (κ2) is 8.99. The van der Waals surface area contributed by atoms with Crippen molar-refractivity contribution in [2.75, 3.05) is 21.3 Å². The summed E-state index contributed by atoms with van der Waals surface area (Å²) in [4.78, 5) is 12.0. The van der Waals surface area contributed by atoms with E-state index in [2.05, 4.69) is 5.32 Å². The van der Waals surface area contributed by atoms with Crippen molar-refractivity contribution in [2.45, 2.75) is 6.54 Å². The molecule has 0 saturated carbocycles. The zero-order valence-electron chi connectivity index (χ0n) is 14.3. The van der Waals surface area contributed by atoms with Gasteiger partial charge in [0.1, 0.15) is 0 Å². The van der Waals surface area contributed by atoms with Gasteiger partial charge in [0.25, 0.3) is 0 Å². The van der Waals surface area contributed by atoms with Gasteiger partial charge in [0, 0.05) is 23.2 Å². The first kappa shape index (κ1) is 18.7. The van der Waals surface area contributed by atoms with Crippen molar-refractivity contribution < 1.29 is 19.0 Å². The fourth-order valence-corrected chi connectivity index (χ4v) is 2.40. The Balaban J connectivity index is 2.07. The van der Waals surface area contributed by atoms with Crippen LogP contribution in [0.1, 0.15) is 11.1 Å². The fourth-order valence-electron chi connectivity index (χ4n) is 2.27. The Morgan fingerprint density at radius 3 is 2.28 bits per heavy atom. The van der Waals surface area contributed by atoms with Crippen LogP contribution in [0.3, 0.4) is 0 Å². The van der Waals surface area contributed by atoms with Crippen LogP contribution < -0.4 is 19.5 Å². The lowest BCUT2D eigenvalue weighted by molar-refractivity contribution is -0.116. The van der Waals surface area contributed by atoms with E-state index in [1.54, 1.807) is 37.5 Å². The van der Waals surface area contributed by atoms with Crippen molar-refractivity contribution in [3.8, 4) is 17.2 Å². The normalized spacial score (nSPS) is 10.6. The maximum atomic E-state index is 12.0. The summed E-state index contributed by atoms with van der Waals surface area (Å²) in [6.07, 6.45) is 3.11. The highest BCUT2D eigenvalue weighted by Gasteiger charge is 2.14. The molecular formula is C19H20ClNO4. The molecule has 25 heavy (non-hydrogen) atoms. The number of benzene rings is 2. The van der Waals surface area contributed by atoms with Crippen LogP contribution in [-0.4, -0.2) is 27.2 Å². The van der Waals surface area contributed by atoms with Crippen molar-refractivity contribution in [1.29, 1.82) is 0 Å². The van der Waals surface area contributed by atoms with Gasteiger partial charge in [0.05, 0.1) is 21.3 Å². The highest BCUT2D eigenvalue weighted by molar-refractivity contribution is 6.30. The molecule has 0 fully saturated rings. The van der Waals surface area contributed by atoms with Crippen molar-refractivity contribution in [3.63, 3.8) is 0 Å². The molecule has 0 saturated heterocycles. The van der Waals surface area contributed by atoms with E-state index in [0.717, 1.165) is 5.56 Å². The maximum Gasteiger partial charge on any atom is 0.244 e. The molecule has 1 amide bonds. The molecule has 0 radical (unpaired) electrons. The van der Waals surface area contributed by atoms with Crippen molar-refractivity contribution in [2.24, 2.45) is 0 Å². The molecule has 0 unspecified atom stereocenters. The molecule has 132 valence electrons. The van der Waals surface area contributed by atoms with Crippen LogP contribution in [-0.2, 0) is 11.3 Å². The highest BCUT2D eigenvalue weighted by Crippen LogP contribution is 2.40. The Hall–Kier alpha value is -2.66. The van der Waals surface area contributed by atoms with Gasteiger partial charge in [0.2, 0.25) is 11.7 Å². The lowest BCUT2D eigenvalue weighted by Gasteiger charge is -2.13. The zero-order valence-corrected chi connectivity index (χ0v) is 15.1. The van der Waals surface area contributed by atoms with E-state index in [9.17, 15) is 4.79 Å². The first-order valence-electron chi connectivity index (χ1n) is 7.58. The third-order valence-corrected chi connectivity index (χ3v) is 3.78. The highest BCUT2D eigenvalue weighted by atomic mass is 35.5. The molecule has 0 aliphatic rings. The lowest BCUT2D eigenvalue weighted by atomic mass is 10.1. The summed E-state index contributed by atoms with van der Waals surface area (Å²) in [5.74, 6) is 1.33. The van der Waals surface area contributed by atoms with Crippen LogP contribution in [0.5, 0.6) is 17.2 Å². The van der Waals surface area contributed by atoms with Crippen LogP contribution in [0.4, 0.5) is 0 Å². The number of nitrogens with one attached hydrogen (secondary N) is 1. The van der Waals surface area contributed by atoms with Gasteiger partial charge in [-0.25, -0.2) is 0 Å². The molecule has 0 spiro atoms. The monoisotopic (exact) mass is 361 g/mol. The number of hydrogen-bond acceptors (Lipinski definition) is 4. The molecule has 0 bridgehead atoms. The summed E-state index contributed by atoms with van der Waals surface area (Å²) in [5, 5.41) is 3.47. The number of amides is 1. The van der Waals surface area contributed by atoms with Gasteiger partial charge in [-0.2, -0.15) is 0 Å². The van der Waals surface area contributed by atoms with Gasteiger partial charge in [-0.15, -0.1) is 0 Å². The van der Waals surface area contributed by atoms with E-state index in [1.807, 2.05) is 12.1 Å². The van der Waals surface area contributed by atoms with Gasteiger partial charge < -0.3 is 19.5 Å². The minimum absolute atomic E-state index is 0.216. The minimum atomic E-state index is -0.216. The van der Waals surface area contributed by atoms with E-state index in [4.69, 9.17) is 25.8 Å².